The molecular weight excluding hydrogens is 279 g/mol. The average molecular weight is 291 g/mol. The first-order valence-electron chi connectivity index (χ1n) is 6.15. The number of ether oxygens (including phenoxy) is 1. The molecule has 0 heterocycles. The molecule has 0 saturated carbocycles. The van der Waals surface area contributed by atoms with Crippen molar-refractivity contribution in [3.8, 4) is 17.6 Å². The van der Waals surface area contributed by atoms with Gasteiger partial charge in [-0.05, 0) is 35.9 Å². The summed E-state index contributed by atoms with van der Waals surface area (Å²) in [5.74, 6) is 3.30. The first kappa shape index (κ1) is 14.9. The first-order chi connectivity index (χ1) is 10.1. The van der Waals surface area contributed by atoms with Gasteiger partial charge in [0.05, 0.1) is 6.54 Å². The zero-order chi connectivity index (χ0) is 15.2. The number of nitrogens with two attached hydrogens (primary N) is 1. The molecule has 2 N–H and O–H groups in total. The average Bonchev–Trinajstić information content (AvgIpc) is 2.45. The Hall–Kier alpha value is -2.45. The summed E-state index contributed by atoms with van der Waals surface area (Å²) < 4.78 is 45.0. The Morgan fingerprint density at radius 3 is 2.57 bits per heavy atom. The molecule has 108 valence electrons. The Balaban J connectivity index is 2.16. The summed E-state index contributed by atoms with van der Waals surface area (Å²) in [6.45, 7) is 0.0618. The summed E-state index contributed by atoms with van der Waals surface area (Å²) in [6.07, 6.45) is 0. The topological polar surface area (TPSA) is 35.2 Å². The largest absolute Gasteiger partial charge is 0.486 e. The third-order valence-corrected chi connectivity index (χ3v) is 2.58. The number of benzene rings is 2. The van der Waals surface area contributed by atoms with E-state index in [0.717, 1.165) is 18.2 Å². The van der Waals surface area contributed by atoms with E-state index in [1.807, 2.05) is 0 Å². The van der Waals surface area contributed by atoms with Gasteiger partial charge in [0, 0.05) is 11.6 Å². The molecule has 0 aliphatic carbocycles. The highest BCUT2D eigenvalue weighted by Crippen LogP contribution is 2.20. The van der Waals surface area contributed by atoms with Crippen molar-refractivity contribution in [2.24, 2.45) is 5.73 Å². The fraction of sp³-hybridized carbons (Fsp3) is 0.125. The lowest BCUT2D eigenvalue weighted by atomic mass is 10.1. The van der Waals surface area contributed by atoms with Crippen LogP contribution in [0.1, 0.15) is 11.1 Å². The molecule has 0 aromatic heterocycles. The molecule has 0 aliphatic rings. The van der Waals surface area contributed by atoms with Crippen molar-refractivity contribution in [3.63, 3.8) is 0 Å². The summed E-state index contributed by atoms with van der Waals surface area (Å²) in [4.78, 5) is 0. The van der Waals surface area contributed by atoms with Gasteiger partial charge in [-0.2, -0.15) is 0 Å². The van der Waals surface area contributed by atoms with Gasteiger partial charge in [-0.1, -0.05) is 11.8 Å². The van der Waals surface area contributed by atoms with Crippen LogP contribution in [0.3, 0.4) is 0 Å². The molecule has 2 aromatic carbocycles. The second-order valence-corrected chi connectivity index (χ2v) is 4.22. The van der Waals surface area contributed by atoms with E-state index in [1.54, 1.807) is 6.07 Å². The lowest BCUT2D eigenvalue weighted by molar-refractivity contribution is 0.288. The fourth-order valence-electron chi connectivity index (χ4n) is 1.71. The van der Waals surface area contributed by atoms with E-state index in [1.165, 1.54) is 12.1 Å². The third-order valence-electron chi connectivity index (χ3n) is 2.58. The highest BCUT2D eigenvalue weighted by atomic mass is 19.1. The van der Waals surface area contributed by atoms with Gasteiger partial charge in [0.1, 0.15) is 18.2 Å². The van der Waals surface area contributed by atoms with Crippen molar-refractivity contribution in [2.75, 3.05) is 6.54 Å². The van der Waals surface area contributed by atoms with Crippen LogP contribution >= 0.6 is 0 Å². The maximum Gasteiger partial charge on any atom is 0.165 e. The molecule has 0 spiro atoms. The van der Waals surface area contributed by atoms with Gasteiger partial charge >= 0.3 is 0 Å². The molecule has 0 amide bonds. The Morgan fingerprint density at radius 2 is 1.81 bits per heavy atom. The van der Waals surface area contributed by atoms with Crippen molar-refractivity contribution >= 4 is 0 Å². The minimum absolute atomic E-state index is 0.102. The molecule has 0 unspecified atom stereocenters. The molecule has 0 bridgehead atoms. The van der Waals surface area contributed by atoms with E-state index in [9.17, 15) is 13.2 Å². The summed E-state index contributed by atoms with van der Waals surface area (Å²) in [5.41, 5.74) is 6.15. The van der Waals surface area contributed by atoms with Crippen molar-refractivity contribution in [1.82, 2.24) is 0 Å². The second-order valence-electron chi connectivity index (χ2n) is 4.22. The predicted molar refractivity (Wildman–Crippen MR) is 73.0 cm³/mol. The number of rotatable bonds is 3. The van der Waals surface area contributed by atoms with E-state index in [4.69, 9.17) is 10.5 Å². The van der Waals surface area contributed by atoms with E-state index < -0.39 is 17.5 Å². The van der Waals surface area contributed by atoms with E-state index >= 15 is 0 Å². The summed E-state index contributed by atoms with van der Waals surface area (Å²) in [7, 11) is 0. The number of halogens is 3. The monoisotopic (exact) mass is 291 g/mol. The Bertz CT molecular complexity index is 704. The lowest BCUT2D eigenvalue weighted by Gasteiger charge is -2.08. The second kappa shape index (κ2) is 6.82. The van der Waals surface area contributed by atoms with Crippen LogP contribution in [0, 0.1) is 29.3 Å². The minimum Gasteiger partial charge on any atom is -0.486 e. The van der Waals surface area contributed by atoms with Gasteiger partial charge < -0.3 is 10.5 Å². The van der Waals surface area contributed by atoms with Crippen LogP contribution in [-0.2, 0) is 6.61 Å². The maximum absolute atomic E-state index is 13.4. The third kappa shape index (κ3) is 4.26. The van der Waals surface area contributed by atoms with Gasteiger partial charge in [-0.15, -0.1) is 0 Å². The van der Waals surface area contributed by atoms with Crippen LogP contribution in [0.25, 0.3) is 0 Å². The zero-order valence-electron chi connectivity index (χ0n) is 11.0. The summed E-state index contributed by atoms with van der Waals surface area (Å²) in [5, 5.41) is 0. The Kier molecular flexibility index (Phi) is 4.85. The fourth-order valence-corrected chi connectivity index (χ4v) is 1.71. The molecular formula is C16H12F3NO. The Labute approximate surface area is 120 Å². The lowest BCUT2D eigenvalue weighted by Crippen LogP contribution is -1.99. The van der Waals surface area contributed by atoms with E-state index in [2.05, 4.69) is 11.8 Å². The van der Waals surface area contributed by atoms with Crippen LogP contribution in [0.5, 0.6) is 5.75 Å². The zero-order valence-corrected chi connectivity index (χ0v) is 11.0. The molecule has 0 radical (unpaired) electrons. The van der Waals surface area contributed by atoms with Crippen molar-refractivity contribution < 1.29 is 17.9 Å². The predicted octanol–water partition coefficient (Wildman–Crippen LogP) is 2.99. The molecule has 0 atom stereocenters. The normalized spacial score (nSPS) is 9.90. The molecule has 0 aliphatic heterocycles. The smallest absolute Gasteiger partial charge is 0.165 e. The molecule has 2 rings (SSSR count). The quantitative estimate of drug-likeness (QED) is 0.882. The minimum atomic E-state index is -0.684. The van der Waals surface area contributed by atoms with Gasteiger partial charge in [-0.25, -0.2) is 13.2 Å². The van der Waals surface area contributed by atoms with E-state index in [0.29, 0.717) is 11.1 Å². The highest BCUT2D eigenvalue weighted by Gasteiger charge is 2.06. The number of hydrogen-bond acceptors (Lipinski definition) is 2. The Morgan fingerprint density at radius 1 is 1.00 bits per heavy atom. The molecule has 0 saturated heterocycles. The SMILES string of the molecule is NCC#Cc1cc(F)cc(COc2cc(F)ccc2F)c1. The van der Waals surface area contributed by atoms with Crippen LogP contribution in [0.15, 0.2) is 36.4 Å². The molecule has 5 heteroatoms. The molecule has 2 aromatic rings. The van der Waals surface area contributed by atoms with Crippen molar-refractivity contribution in [3.05, 3.63) is 65.0 Å². The molecule has 21 heavy (non-hydrogen) atoms. The van der Waals surface area contributed by atoms with Gasteiger partial charge in [0.25, 0.3) is 0 Å². The van der Waals surface area contributed by atoms with Gasteiger partial charge in [0.15, 0.2) is 11.6 Å². The number of hydrogen-bond donors (Lipinski definition) is 1. The van der Waals surface area contributed by atoms with Crippen molar-refractivity contribution in [2.45, 2.75) is 6.61 Å². The maximum atomic E-state index is 13.4. The van der Waals surface area contributed by atoms with Gasteiger partial charge in [0.2, 0.25) is 0 Å². The van der Waals surface area contributed by atoms with Crippen LogP contribution < -0.4 is 10.5 Å². The molecule has 2 nitrogen and oxygen atoms in total. The van der Waals surface area contributed by atoms with E-state index in [-0.39, 0.29) is 18.9 Å². The summed E-state index contributed by atoms with van der Waals surface area (Å²) in [6, 6.07) is 6.99. The van der Waals surface area contributed by atoms with Gasteiger partial charge in [-0.3, -0.25) is 0 Å². The standard InChI is InChI=1S/C16H12F3NO/c17-13-3-4-15(19)16(9-13)21-10-12-6-11(2-1-5-20)7-14(18)8-12/h3-4,6-9H,5,10,20H2. The van der Waals surface area contributed by atoms with Crippen LogP contribution in [0.2, 0.25) is 0 Å². The molecule has 0 fully saturated rings. The van der Waals surface area contributed by atoms with Crippen LogP contribution in [-0.4, -0.2) is 6.54 Å². The van der Waals surface area contributed by atoms with Crippen molar-refractivity contribution in [1.29, 1.82) is 0 Å². The first-order valence-corrected chi connectivity index (χ1v) is 6.15. The highest BCUT2D eigenvalue weighted by molar-refractivity contribution is 5.38. The van der Waals surface area contributed by atoms with Crippen LogP contribution in [0.4, 0.5) is 13.2 Å². The summed E-state index contributed by atoms with van der Waals surface area (Å²) >= 11 is 0.